The zero-order valence-corrected chi connectivity index (χ0v) is 15.7. The normalized spacial score (nSPS) is 10.5. The highest BCUT2D eigenvalue weighted by atomic mass is 79.9. The fraction of sp³-hybridized carbons (Fsp3) is 0.222. The number of aryl methyl sites for hydroxylation is 1. The molecule has 0 saturated heterocycles. The largest absolute Gasteiger partial charge is 0.435 e. The van der Waals surface area contributed by atoms with Gasteiger partial charge in [-0.2, -0.15) is 8.78 Å². The van der Waals surface area contributed by atoms with Crippen LogP contribution in [-0.4, -0.2) is 36.9 Å². The van der Waals surface area contributed by atoms with E-state index in [0.29, 0.717) is 5.69 Å². The summed E-state index contributed by atoms with van der Waals surface area (Å²) in [4.78, 5) is 25.7. The van der Waals surface area contributed by atoms with Crippen LogP contribution in [0.1, 0.15) is 15.9 Å². The van der Waals surface area contributed by atoms with Gasteiger partial charge in [-0.1, -0.05) is 22.0 Å². The summed E-state index contributed by atoms with van der Waals surface area (Å²) in [6.45, 7) is -1.31. The number of anilines is 1. The third-order valence-corrected chi connectivity index (χ3v) is 3.99. The second kappa shape index (κ2) is 8.75. The summed E-state index contributed by atoms with van der Waals surface area (Å²) in [5.74, 6) is -0.965. The number of alkyl halides is 2. The summed E-state index contributed by atoms with van der Waals surface area (Å²) in [5.41, 5.74) is 1.67. The Morgan fingerprint density at radius 1 is 1.23 bits per heavy atom. The number of amides is 2. The molecule has 0 atom stereocenters. The van der Waals surface area contributed by atoms with E-state index >= 15 is 0 Å². The van der Waals surface area contributed by atoms with Crippen LogP contribution in [0.2, 0.25) is 0 Å². The highest BCUT2D eigenvalue weighted by molar-refractivity contribution is 9.10. The van der Waals surface area contributed by atoms with Crippen molar-refractivity contribution in [1.29, 1.82) is 0 Å². The lowest BCUT2D eigenvalue weighted by atomic mass is 10.2. The van der Waals surface area contributed by atoms with Crippen LogP contribution in [0.4, 0.5) is 14.5 Å². The Labute approximate surface area is 158 Å². The minimum absolute atomic E-state index is 0.116. The Morgan fingerprint density at radius 3 is 2.62 bits per heavy atom. The smallest absolute Gasteiger partial charge is 0.387 e. The molecule has 0 bridgehead atoms. The van der Waals surface area contributed by atoms with Crippen molar-refractivity contribution in [2.24, 2.45) is 0 Å². The van der Waals surface area contributed by atoms with E-state index in [9.17, 15) is 18.4 Å². The quantitative estimate of drug-likeness (QED) is 0.757. The van der Waals surface area contributed by atoms with E-state index in [1.807, 2.05) is 13.0 Å². The van der Waals surface area contributed by atoms with Gasteiger partial charge in [-0.3, -0.25) is 9.59 Å². The molecule has 2 amide bonds. The van der Waals surface area contributed by atoms with E-state index in [1.165, 1.54) is 36.2 Å². The van der Waals surface area contributed by atoms with Crippen molar-refractivity contribution in [1.82, 2.24) is 4.90 Å². The number of ether oxygens (including phenoxy) is 1. The monoisotopic (exact) mass is 426 g/mol. The number of rotatable bonds is 6. The third kappa shape index (κ3) is 5.52. The molecule has 0 aromatic heterocycles. The number of nitrogens with one attached hydrogen (secondary N) is 1. The second-order valence-electron chi connectivity index (χ2n) is 5.57. The highest BCUT2D eigenvalue weighted by Gasteiger charge is 2.17. The Hall–Kier alpha value is -2.48. The van der Waals surface area contributed by atoms with E-state index < -0.39 is 12.5 Å². The van der Waals surface area contributed by atoms with E-state index in [4.69, 9.17) is 0 Å². The molecule has 2 rings (SSSR count). The molecule has 0 saturated carbocycles. The molecule has 1 N–H and O–H groups in total. The van der Waals surface area contributed by atoms with Gasteiger partial charge >= 0.3 is 6.61 Å². The maximum Gasteiger partial charge on any atom is 0.387 e. The number of benzene rings is 2. The predicted octanol–water partition coefficient (Wildman–Crippen LogP) is 4.07. The molecule has 0 unspecified atom stereocenters. The summed E-state index contributed by atoms with van der Waals surface area (Å²) in [5, 5.41) is 2.73. The molecular formula is C18H17BrF2N2O3. The number of halogens is 3. The molecule has 0 aliphatic heterocycles. The molecule has 0 spiro atoms. The van der Waals surface area contributed by atoms with Crippen LogP contribution in [-0.2, 0) is 4.79 Å². The Balaban J connectivity index is 2.01. The first kappa shape index (κ1) is 19.8. The van der Waals surface area contributed by atoms with E-state index in [1.54, 1.807) is 12.1 Å². The lowest BCUT2D eigenvalue weighted by molar-refractivity contribution is -0.116. The Kier molecular flexibility index (Phi) is 6.68. The minimum atomic E-state index is -2.97. The zero-order valence-electron chi connectivity index (χ0n) is 14.1. The first-order valence-corrected chi connectivity index (χ1v) is 8.42. The van der Waals surface area contributed by atoms with Crippen molar-refractivity contribution < 1.29 is 23.1 Å². The maximum atomic E-state index is 12.4. The number of nitrogens with zero attached hydrogens (tertiary/aromatic N) is 1. The number of carbonyl (C=O) groups is 2. The van der Waals surface area contributed by atoms with Gasteiger partial charge in [-0.15, -0.1) is 0 Å². The predicted molar refractivity (Wildman–Crippen MR) is 97.5 cm³/mol. The molecule has 0 fully saturated rings. The molecule has 8 heteroatoms. The van der Waals surface area contributed by atoms with Crippen molar-refractivity contribution in [3.05, 3.63) is 58.1 Å². The van der Waals surface area contributed by atoms with Gasteiger partial charge in [0, 0.05) is 22.8 Å². The lowest BCUT2D eigenvalue weighted by Gasteiger charge is -2.18. The first-order chi connectivity index (χ1) is 12.3. The van der Waals surface area contributed by atoms with E-state index in [-0.39, 0.29) is 23.8 Å². The van der Waals surface area contributed by atoms with Crippen LogP contribution in [0.5, 0.6) is 5.75 Å². The average Bonchev–Trinajstić information content (AvgIpc) is 2.56. The summed E-state index contributed by atoms with van der Waals surface area (Å²) in [6, 6.07) is 10.8. The fourth-order valence-corrected chi connectivity index (χ4v) is 2.75. The molecule has 138 valence electrons. The van der Waals surface area contributed by atoms with E-state index in [2.05, 4.69) is 26.0 Å². The fourth-order valence-electron chi connectivity index (χ4n) is 2.27. The van der Waals surface area contributed by atoms with E-state index in [0.717, 1.165) is 10.0 Å². The highest BCUT2D eigenvalue weighted by Crippen LogP contribution is 2.20. The van der Waals surface area contributed by atoms with Crippen LogP contribution in [0.3, 0.4) is 0 Å². The van der Waals surface area contributed by atoms with Crippen LogP contribution < -0.4 is 10.1 Å². The van der Waals surface area contributed by atoms with Crippen LogP contribution >= 0.6 is 15.9 Å². The number of hydrogen-bond acceptors (Lipinski definition) is 3. The molecule has 0 radical (unpaired) electrons. The van der Waals surface area contributed by atoms with Crippen LogP contribution in [0.25, 0.3) is 0 Å². The number of carbonyl (C=O) groups excluding carboxylic acids is 2. The maximum absolute atomic E-state index is 12.4. The molecule has 2 aromatic rings. The van der Waals surface area contributed by atoms with Crippen molar-refractivity contribution in [2.45, 2.75) is 13.5 Å². The Bertz CT molecular complexity index is 815. The van der Waals surface area contributed by atoms with Gasteiger partial charge in [0.1, 0.15) is 5.75 Å². The van der Waals surface area contributed by atoms with Gasteiger partial charge in [0.25, 0.3) is 5.91 Å². The van der Waals surface area contributed by atoms with Crippen LogP contribution in [0, 0.1) is 6.92 Å². The van der Waals surface area contributed by atoms with Crippen molar-refractivity contribution in [3.8, 4) is 5.75 Å². The standard InChI is InChI=1S/C18H17BrF2N2O3/c1-11-8-13(19)6-7-15(11)22-16(24)10-23(2)17(25)12-4-3-5-14(9-12)26-18(20)21/h3-9,18H,10H2,1-2H3,(H,22,24). The Morgan fingerprint density at radius 2 is 1.96 bits per heavy atom. The van der Waals surface area contributed by atoms with Gasteiger partial charge < -0.3 is 15.0 Å². The summed E-state index contributed by atoms with van der Waals surface area (Å²) in [6.07, 6.45) is 0. The van der Waals surface area contributed by atoms with Gasteiger partial charge in [0.15, 0.2) is 0 Å². The van der Waals surface area contributed by atoms with Crippen molar-refractivity contribution in [3.63, 3.8) is 0 Å². The number of likely N-dealkylation sites (N-methyl/N-ethyl adjacent to an activating group) is 1. The summed E-state index contributed by atoms with van der Waals surface area (Å²) < 4.78 is 29.7. The second-order valence-corrected chi connectivity index (χ2v) is 6.49. The van der Waals surface area contributed by atoms with Gasteiger partial charge in [-0.05, 0) is 48.9 Å². The molecule has 0 aliphatic carbocycles. The molecule has 0 heterocycles. The molecule has 0 aliphatic rings. The minimum Gasteiger partial charge on any atom is -0.435 e. The van der Waals surface area contributed by atoms with Crippen molar-refractivity contribution >= 4 is 33.4 Å². The summed E-state index contributed by atoms with van der Waals surface area (Å²) in [7, 11) is 1.46. The van der Waals surface area contributed by atoms with Crippen molar-refractivity contribution in [2.75, 3.05) is 18.9 Å². The molecular weight excluding hydrogens is 410 g/mol. The molecule has 2 aromatic carbocycles. The van der Waals surface area contributed by atoms with Crippen LogP contribution in [0.15, 0.2) is 46.9 Å². The van der Waals surface area contributed by atoms with Gasteiger partial charge in [0.05, 0.1) is 6.54 Å². The average molecular weight is 427 g/mol. The van der Waals surface area contributed by atoms with Gasteiger partial charge in [-0.25, -0.2) is 0 Å². The first-order valence-electron chi connectivity index (χ1n) is 7.62. The number of hydrogen-bond donors (Lipinski definition) is 1. The summed E-state index contributed by atoms with van der Waals surface area (Å²) >= 11 is 3.35. The SMILES string of the molecule is Cc1cc(Br)ccc1NC(=O)CN(C)C(=O)c1cccc(OC(F)F)c1. The molecule has 5 nitrogen and oxygen atoms in total. The third-order valence-electron chi connectivity index (χ3n) is 3.50. The zero-order chi connectivity index (χ0) is 19.3. The molecule has 26 heavy (non-hydrogen) atoms. The topological polar surface area (TPSA) is 58.6 Å². The lowest BCUT2D eigenvalue weighted by Crippen LogP contribution is -2.35. The van der Waals surface area contributed by atoms with Gasteiger partial charge in [0.2, 0.25) is 5.91 Å².